The molecular weight excluding hydrogens is 340 g/mol. The van der Waals surface area contributed by atoms with Gasteiger partial charge in [0.1, 0.15) is 0 Å². The Morgan fingerprint density at radius 3 is 2.52 bits per heavy atom. The Labute approximate surface area is 149 Å². The number of carboxylic acid groups (broad SMARTS) is 2. The number of hydrogen-bond acceptors (Lipinski definition) is 5. The SMILES string of the molecule is Cc1cnc(C2=Cc3ccsc3CC2)cc1N.O=C(O)/C=C/C(=O)O. The van der Waals surface area contributed by atoms with Crippen LogP contribution in [0.15, 0.2) is 35.9 Å². The van der Waals surface area contributed by atoms with Gasteiger partial charge in [-0.25, -0.2) is 9.59 Å². The van der Waals surface area contributed by atoms with E-state index in [1.165, 1.54) is 16.0 Å². The molecule has 0 fully saturated rings. The average Bonchev–Trinajstić information content (AvgIpc) is 3.03. The molecule has 0 atom stereocenters. The lowest BCUT2D eigenvalue weighted by Crippen LogP contribution is -1.99. The predicted octanol–water partition coefficient (Wildman–Crippen LogP) is 3.23. The van der Waals surface area contributed by atoms with Crippen molar-refractivity contribution >= 4 is 40.6 Å². The summed E-state index contributed by atoms with van der Waals surface area (Å²) in [6.45, 7) is 1.98. The molecule has 0 saturated heterocycles. The number of aromatic nitrogens is 1. The molecule has 1 aliphatic carbocycles. The molecule has 6 nitrogen and oxygen atoms in total. The Balaban J connectivity index is 0.000000242. The number of carboxylic acids is 2. The number of rotatable bonds is 3. The van der Waals surface area contributed by atoms with Gasteiger partial charge in [0.05, 0.1) is 5.69 Å². The van der Waals surface area contributed by atoms with Crippen molar-refractivity contribution in [2.75, 3.05) is 5.73 Å². The molecule has 1 aliphatic rings. The van der Waals surface area contributed by atoms with E-state index in [0.717, 1.165) is 29.8 Å². The van der Waals surface area contributed by atoms with Crippen LogP contribution in [0.2, 0.25) is 0 Å². The van der Waals surface area contributed by atoms with Crippen LogP contribution >= 0.6 is 11.3 Å². The number of allylic oxidation sites excluding steroid dienone is 1. The predicted molar refractivity (Wildman–Crippen MR) is 98.3 cm³/mol. The normalized spacial score (nSPS) is 12.8. The molecule has 0 amide bonds. The molecule has 7 heteroatoms. The third kappa shape index (κ3) is 5.29. The zero-order valence-corrected chi connectivity index (χ0v) is 14.4. The molecule has 3 rings (SSSR count). The van der Waals surface area contributed by atoms with Crippen LogP contribution in [0.1, 0.15) is 28.1 Å². The Morgan fingerprint density at radius 1 is 1.24 bits per heavy atom. The fourth-order valence-corrected chi connectivity index (χ4v) is 3.11. The number of hydrogen-bond donors (Lipinski definition) is 3. The van der Waals surface area contributed by atoms with Gasteiger partial charge in [-0.3, -0.25) is 4.98 Å². The van der Waals surface area contributed by atoms with E-state index in [4.69, 9.17) is 15.9 Å². The van der Waals surface area contributed by atoms with E-state index in [-0.39, 0.29) is 0 Å². The molecule has 2 aromatic rings. The van der Waals surface area contributed by atoms with Gasteiger partial charge in [-0.1, -0.05) is 0 Å². The highest BCUT2D eigenvalue weighted by molar-refractivity contribution is 7.10. The Bertz CT molecular complexity index is 837. The number of anilines is 1. The second kappa shape index (κ2) is 8.25. The van der Waals surface area contributed by atoms with Crippen LogP contribution in [0.3, 0.4) is 0 Å². The van der Waals surface area contributed by atoms with Crippen molar-refractivity contribution in [2.45, 2.75) is 19.8 Å². The summed E-state index contributed by atoms with van der Waals surface area (Å²) in [5.41, 5.74) is 11.5. The first-order valence-corrected chi connectivity index (χ1v) is 8.38. The van der Waals surface area contributed by atoms with Gasteiger partial charge >= 0.3 is 11.9 Å². The Hall–Kier alpha value is -2.93. The molecule has 0 bridgehead atoms. The van der Waals surface area contributed by atoms with Gasteiger partial charge in [-0.05, 0) is 60.1 Å². The summed E-state index contributed by atoms with van der Waals surface area (Å²) < 4.78 is 0. The summed E-state index contributed by atoms with van der Waals surface area (Å²) >= 11 is 1.84. The van der Waals surface area contributed by atoms with E-state index in [1.54, 1.807) is 0 Å². The molecule has 25 heavy (non-hydrogen) atoms. The number of carbonyl (C=O) groups is 2. The molecular formula is C18H18N2O4S. The molecule has 0 radical (unpaired) electrons. The maximum absolute atomic E-state index is 9.55. The Kier molecular flexibility index (Phi) is 6.08. The highest BCUT2D eigenvalue weighted by Crippen LogP contribution is 2.32. The molecule has 0 aromatic carbocycles. The molecule has 130 valence electrons. The third-order valence-corrected chi connectivity index (χ3v) is 4.57. The first kappa shape index (κ1) is 18.4. The third-order valence-electron chi connectivity index (χ3n) is 3.57. The van der Waals surface area contributed by atoms with E-state index in [0.29, 0.717) is 12.2 Å². The number of nitrogens with two attached hydrogens (primary N) is 1. The van der Waals surface area contributed by atoms with Gasteiger partial charge in [0, 0.05) is 28.9 Å². The van der Waals surface area contributed by atoms with E-state index in [1.807, 2.05) is 30.5 Å². The maximum Gasteiger partial charge on any atom is 0.328 e. The van der Waals surface area contributed by atoms with Crippen LogP contribution in [-0.2, 0) is 16.0 Å². The van der Waals surface area contributed by atoms with Crippen molar-refractivity contribution in [1.29, 1.82) is 0 Å². The summed E-state index contributed by atoms with van der Waals surface area (Å²) in [5, 5.41) is 17.8. The molecule has 0 unspecified atom stereocenters. The highest BCUT2D eigenvalue weighted by atomic mass is 32.1. The molecule has 4 N–H and O–H groups in total. The maximum atomic E-state index is 9.55. The molecule has 2 aromatic heterocycles. The van der Waals surface area contributed by atoms with Crippen molar-refractivity contribution in [2.24, 2.45) is 0 Å². The number of fused-ring (bicyclic) bond motifs is 1. The first-order chi connectivity index (χ1) is 11.9. The zero-order valence-electron chi connectivity index (χ0n) is 13.6. The van der Waals surface area contributed by atoms with Crippen molar-refractivity contribution in [3.05, 3.63) is 57.6 Å². The van der Waals surface area contributed by atoms with Gasteiger partial charge in [0.25, 0.3) is 0 Å². The van der Waals surface area contributed by atoms with Gasteiger partial charge in [0.15, 0.2) is 0 Å². The minimum absolute atomic E-state index is 0.558. The van der Waals surface area contributed by atoms with Crippen LogP contribution in [0, 0.1) is 6.92 Å². The van der Waals surface area contributed by atoms with Crippen LogP contribution < -0.4 is 5.73 Å². The summed E-state index contributed by atoms with van der Waals surface area (Å²) in [4.78, 5) is 25.1. The first-order valence-electron chi connectivity index (χ1n) is 7.50. The fraction of sp³-hybridized carbons (Fsp3) is 0.167. The monoisotopic (exact) mass is 358 g/mol. The number of pyridine rings is 1. The second-order valence-corrected chi connectivity index (χ2v) is 6.41. The molecule has 0 spiro atoms. The summed E-state index contributed by atoms with van der Waals surface area (Å²) in [7, 11) is 0. The minimum Gasteiger partial charge on any atom is -0.478 e. The lowest BCUT2D eigenvalue weighted by atomic mass is 9.96. The minimum atomic E-state index is -1.26. The van der Waals surface area contributed by atoms with Crippen molar-refractivity contribution in [1.82, 2.24) is 4.98 Å². The largest absolute Gasteiger partial charge is 0.478 e. The number of nitrogens with zero attached hydrogens (tertiary/aromatic N) is 1. The van der Waals surface area contributed by atoms with E-state index >= 15 is 0 Å². The average molecular weight is 358 g/mol. The lowest BCUT2D eigenvalue weighted by molar-refractivity contribution is -0.134. The summed E-state index contributed by atoms with van der Waals surface area (Å²) in [5.74, 6) is -2.51. The number of thiophene rings is 1. The van der Waals surface area contributed by atoms with Gasteiger partial charge in [-0.2, -0.15) is 0 Å². The molecule has 0 saturated carbocycles. The summed E-state index contributed by atoms with van der Waals surface area (Å²) in [6.07, 6.45) is 7.39. The van der Waals surface area contributed by atoms with E-state index < -0.39 is 11.9 Å². The van der Waals surface area contributed by atoms with Crippen molar-refractivity contribution in [3.8, 4) is 0 Å². The number of aryl methyl sites for hydroxylation is 2. The quantitative estimate of drug-likeness (QED) is 0.726. The van der Waals surface area contributed by atoms with Crippen LogP contribution in [-0.4, -0.2) is 27.1 Å². The summed E-state index contributed by atoms with van der Waals surface area (Å²) in [6, 6.07) is 4.16. The van der Waals surface area contributed by atoms with Gasteiger partial charge < -0.3 is 15.9 Å². The topological polar surface area (TPSA) is 114 Å². The lowest BCUT2D eigenvalue weighted by Gasteiger charge is -2.13. The number of aliphatic carboxylic acids is 2. The van der Waals surface area contributed by atoms with Crippen molar-refractivity contribution in [3.63, 3.8) is 0 Å². The smallest absolute Gasteiger partial charge is 0.328 e. The van der Waals surface area contributed by atoms with E-state index in [9.17, 15) is 9.59 Å². The van der Waals surface area contributed by atoms with Crippen LogP contribution in [0.5, 0.6) is 0 Å². The second-order valence-electron chi connectivity index (χ2n) is 5.40. The van der Waals surface area contributed by atoms with Crippen LogP contribution in [0.4, 0.5) is 5.69 Å². The zero-order chi connectivity index (χ0) is 18.4. The van der Waals surface area contributed by atoms with Gasteiger partial charge in [0.2, 0.25) is 0 Å². The van der Waals surface area contributed by atoms with E-state index in [2.05, 4.69) is 22.5 Å². The molecule has 2 heterocycles. The Morgan fingerprint density at radius 2 is 1.92 bits per heavy atom. The number of nitrogen functional groups attached to an aromatic ring is 1. The van der Waals surface area contributed by atoms with Crippen molar-refractivity contribution < 1.29 is 19.8 Å². The molecule has 0 aliphatic heterocycles. The standard InChI is InChI=1S/C14H14N2S.C4H4O4/c1-9-8-16-13(7-12(9)15)10-2-3-14-11(6-10)4-5-17-14;5-3(6)1-2-4(7)8/h4-8H,2-3H2,1H3,(H2,15,16);1-2H,(H,5,6)(H,7,8)/b;2-1+. The highest BCUT2D eigenvalue weighted by Gasteiger charge is 2.14. The fourth-order valence-electron chi connectivity index (χ4n) is 2.25. The van der Waals surface area contributed by atoms with Gasteiger partial charge in [-0.15, -0.1) is 11.3 Å². The van der Waals surface area contributed by atoms with Crippen LogP contribution in [0.25, 0.3) is 11.6 Å².